The molecule has 0 amide bonds. The zero-order valence-corrected chi connectivity index (χ0v) is 41.9. The highest BCUT2D eigenvalue weighted by Crippen LogP contribution is 2.47. The standard InChI is InChI=1S/C53H93O12P/c1-3-5-7-9-11-13-15-17-19-20-21-22-23-24-25-26-27-29-31-33-35-37-39-41-43-62-44-46(45-63-66(60,61)65-53-51(58)49(56)48(55)50(57)52(53)59)64-47(54)42-40-38-36-34-32-30-28-18-16-14-12-10-8-6-4-2/h5,7,11,13,17,19,21-22,24-25,27,29,46,48-53,55-59H,3-4,6,8-10,12,14-16,18,20,23,26,28,30-45H2,1-2H3,(H,60,61)/b7-5-,13-11-,19-17-,22-21-,25-24-,29-27-. The van der Waals surface area contributed by atoms with Gasteiger partial charge in [-0.15, -0.1) is 0 Å². The number of hydrogen-bond acceptors (Lipinski definition) is 11. The van der Waals surface area contributed by atoms with E-state index in [2.05, 4.69) is 86.8 Å². The van der Waals surface area contributed by atoms with Crippen molar-refractivity contribution in [2.45, 2.75) is 236 Å². The molecule has 1 rings (SSSR count). The van der Waals surface area contributed by atoms with Crippen LogP contribution in [-0.2, 0) is 27.9 Å². The van der Waals surface area contributed by atoms with E-state index in [0.717, 1.165) is 96.3 Å². The first-order valence-corrected chi connectivity index (χ1v) is 27.3. The topological polar surface area (TPSA) is 192 Å². The van der Waals surface area contributed by atoms with Gasteiger partial charge in [0.25, 0.3) is 0 Å². The number of rotatable bonds is 43. The van der Waals surface area contributed by atoms with Gasteiger partial charge in [-0.2, -0.15) is 0 Å². The van der Waals surface area contributed by atoms with Crippen molar-refractivity contribution in [3.8, 4) is 0 Å². The summed E-state index contributed by atoms with van der Waals surface area (Å²) in [6, 6.07) is 0. The predicted molar refractivity (Wildman–Crippen MR) is 267 cm³/mol. The summed E-state index contributed by atoms with van der Waals surface area (Å²) in [6.07, 6.45) is 43.9. The Balaban J connectivity index is 2.35. The van der Waals surface area contributed by atoms with E-state index in [1.807, 2.05) is 0 Å². The lowest BCUT2D eigenvalue weighted by Crippen LogP contribution is -2.64. The number of carbonyl (C=O) groups is 1. The molecule has 0 spiro atoms. The molecule has 1 aliphatic rings. The molecule has 13 heteroatoms. The van der Waals surface area contributed by atoms with Gasteiger partial charge in [-0.3, -0.25) is 13.8 Å². The number of aliphatic hydroxyl groups is 5. The number of phosphoric acid groups is 1. The monoisotopic (exact) mass is 953 g/mol. The lowest BCUT2D eigenvalue weighted by atomic mass is 9.85. The molecule has 1 fully saturated rings. The van der Waals surface area contributed by atoms with Gasteiger partial charge in [-0.05, 0) is 64.2 Å². The third-order valence-electron chi connectivity index (χ3n) is 11.6. The molecule has 6 atom stereocenters. The second-order valence-electron chi connectivity index (χ2n) is 17.6. The molecule has 0 radical (unpaired) electrons. The van der Waals surface area contributed by atoms with Crippen molar-refractivity contribution in [1.82, 2.24) is 0 Å². The number of esters is 1. The van der Waals surface area contributed by atoms with E-state index in [0.29, 0.717) is 13.0 Å². The van der Waals surface area contributed by atoms with Gasteiger partial charge in [0, 0.05) is 13.0 Å². The van der Waals surface area contributed by atoms with Crippen LogP contribution >= 0.6 is 7.82 Å². The van der Waals surface area contributed by atoms with Crippen LogP contribution in [0, 0.1) is 0 Å². The number of carbonyl (C=O) groups excluding carboxylic acids is 1. The van der Waals surface area contributed by atoms with Gasteiger partial charge in [0.1, 0.15) is 42.7 Å². The first kappa shape index (κ1) is 61.8. The molecule has 382 valence electrons. The summed E-state index contributed by atoms with van der Waals surface area (Å²) in [7, 11) is -5.03. The average Bonchev–Trinajstić information content (AvgIpc) is 3.30. The summed E-state index contributed by atoms with van der Waals surface area (Å²) in [4.78, 5) is 23.2. The fourth-order valence-electron chi connectivity index (χ4n) is 7.54. The van der Waals surface area contributed by atoms with Crippen molar-refractivity contribution < 1.29 is 58.3 Å². The highest BCUT2D eigenvalue weighted by molar-refractivity contribution is 7.47. The molecule has 0 aromatic rings. The highest BCUT2D eigenvalue weighted by atomic mass is 31.2. The van der Waals surface area contributed by atoms with Crippen molar-refractivity contribution in [2.24, 2.45) is 0 Å². The van der Waals surface area contributed by atoms with Crippen LogP contribution in [0.3, 0.4) is 0 Å². The second-order valence-corrected chi connectivity index (χ2v) is 19.1. The number of phosphoric ester groups is 1. The van der Waals surface area contributed by atoms with Crippen molar-refractivity contribution in [2.75, 3.05) is 19.8 Å². The van der Waals surface area contributed by atoms with Crippen LogP contribution in [0.5, 0.6) is 0 Å². The fraction of sp³-hybridized carbons (Fsp3) is 0.755. The fourth-order valence-corrected chi connectivity index (χ4v) is 8.51. The molecule has 0 aliphatic heterocycles. The van der Waals surface area contributed by atoms with E-state index >= 15 is 0 Å². The van der Waals surface area contributed by atoms with Crippen molar-refractivity contribution in [3.05, 3.63) is 72.9 Å². The van der Waals surface area contributed by atoms with E-state index < -0.39 is 63.1 Å². The lowest BCUT2D eigenvalue weighted by Gasteiger charge is -2.41. The van der Waals surface area contributed by atoms with E-state index in [4.69, 9.17) is 18.5 Å². The average molecular weight is 953 g/mol. The molecule has 1 aliphatic carbocycles. The zero-order chi connectivity index (χ0) is 48.4. The van der Waals surface area contributed by atoms with Gasteiger partial charge in [-0.1, -0.05) is 196 Å². The van der Waals surface area contributed by atoms with Gasteiger partial charge in [0.2, 0.25) is 0 Å². The Morgan fingerprint density at radius 1 is 0.500 bits per heavy atom. The maximum Gasteiger partial charge on any atom is 0.472 e. The third kappa shape index (κ3) is 34.1. The van der Waals surface area contributed by atoms with Crippen LogP contribution in [-0.4, -0.2) is 98.9 Å². The molecule has 0 aromatic carbocycles. The molecule has 12 nitrogen and oxygen atoms in total. The quantitative estimate of drug-likeness (QED) is 0.0147. The summed E-state index contributed by atoms with van der Waals surface area (Å²) in [5, 5.41) is 50.3. The Labute approximate surface area is 400 Å². The molecule has 6 unspecified atom stereocenters. The van der Waals surface area contributed by atoms with Crippen molar-refractivity contribution in [1.29, 1.82) is 0 Å². The summed E-state index contributed by atoms with van der Waals surface area (Å²) >= 11 is 0. The summed E-state index contributed by atoms with van der Waals surface area (Å²) in [6.45, 7) is 4.11. The minimum Gasteiger partial charge on any atom is -0.457 e. The van der Waals surface area contributed by atoms with Gasteiger partial charge in [0.05, 0.1) is 13.2 Å². The molecule has 66 heavy (non-hydrogen) atoms. The number of allylic oxidation sites excluding steroid dienone is 12. The molecular weight excluding hydrogens is 860 g/mol. The van der Waals surface area contributed by atoms with Crippen molar-refractivity contribution in [3.63, 3.8) is 0 Å². The van der Waals surface area contributed by atoms with Gasteiger partial charge in [0.15, 0.2) is 0 Å². The Hall–Kier alpha value is -2.22. The van der Waals surface area contributed by atoms with Crippen LogP contribution in [0.4, 0.5) is 0 Å². The zero-order valence-electron chi connectivity index (χ0n) is 41.0. The first-order chi connectivity index (χ1) is 32.0. The number of ether oxygens (including phenoxy) is 2. The number of aliphatic hydroxyl groups excluding tert-OH is 5. The van der Waals surface area contributed by atoms with Crippen LogP contribution < -0.4 is 0 Å². The molecular formula is C53H93O12P. The Bertz CT molecular complexity index is 1360. The summed E-state index contributed by atoms with van der Waals surface area (Å²) in [5.74, 6) is -0.485. The smallest absolute Gasteiger partial charge is 0.457 e. The Morgan fingerprint density at radius 2 is 0.894 bits per heavy atom. The van der Waals surface area contributed by atoms with Gasteiger partial charge >= 0.3 is 13.8 Å². The predicted octanol–water partition coefficient (Wildman–Crippen LogP) is 11.5. The van der Waals surface area contributed by atoms with Crippen molar-refractivity contribution >= 4 is 13.8 Å². The van der Waals surface area contributed by atoms with Crippen LogP contribution in [0.1, 0.15) is 194 Å². The van der Waals surface area contributed by atoms with Gasteiger partial charge in [-0.25, -0.2) is 4.57 Å². The molecule has 1 saturated carbocycles. The van der Waals surface area contributed by atoms with E-state index in [1.54, 1.807) is 0 Å². The lowest BCUT2D eigenvalue weighted by molar-refractivity contribution is -0.220. The van der Waals surface area contributed by atoms with Gasteiger partial charge < -0.3 is 39.9 Å². The number of hydrogen-bond donors (Lipinski definition) is 6. The summed E-state index contributed by atoms with van der Waals surface area (Å²) in [5.41, 5.74) is 0. The molecule has 0 heterocycles. The minimum absolute atomic E-state index is 0.0917. The second kappa shape index (κ2) is 42.8. The van der Waals surface area contributed by atoms with E-state index in [-0.39, 0.29) is 13.0 Å². The SMILES string of the molecule is CC/C=C\C/C=C\C/C=C\C/C=C\C/C=C\C/C=C\CCCCCCCOCC(COP(=O)(O)OC1C(O)C(O)C(O)C(O)C1O)OC(=O)CCCCCCCCCCCCCCCCC. The van der Waals surface area contributed by atoms with Crippen LogP contribution in [0.2, 0.25) is 0 Å². The summed E-state index contributed by atoms with van der Waals surface area (Å²) < 4.78 is 34.3. The molecule has 0 bridgehead atoms. The normalized spacial score (nSPS) is 22.0. The largest absolute Gasteiger partial charge is 0.472 e. The highest BCUT2D eigenvalue weighted by Gasteiger charge is 2.51. The minimum atomic E-state index is -5.03. The number of unbranched alkanes of at least 4 members (excludes halogenated alkanes) is 19. The first-order valence-electron chi connectivity index (χ1n) is 25.8. The maximum atomic E-state index is 12.8. The maximum absolute atomic E-state index is 12.8. The Kier molecular flexibility index (Phi) is 40.1. The Morgan fingerprint density at radius 3 is 1.36 bits per heavy atom. The van der Waals surface area contributed by atoms with E-state index in [1.165, 1.54) is 70.6 Å². The van der Waals surface area contributed by atoms with Crippen LogP contribution in [0.15, 0.2) is 72.9 Å². The van der Waals surface area contributed by atoms with E-state index in [9.17, 15) is 39.8 Å². The van der Waals surface area contributed by atoms with Crippen LogP contribution in [0.25, 0.3) is 0 Å². The molecule has 0 saturated heterocycles. The third-order valence-corrected chi connectivity index (χ3v) is 12.6. The molecule has 6 N–H and O–H groups in total. The molecule has 0 aromatic heterocycles.